The Balaban J connectivity index is 2.26. The molecule has 0 bridgehead atoms. The predicted molar refractivity (Wildman–Crippen MR) is 76.6 cm³/mol. The van der Waals surface area contributed by atoms with E-state index in [0.717, 1.165) is 17.3 Å². The zero-order chi connectivity index (χ0) is 13.9. The maximum atomic E-state index is 11.5. The average Bonchev–Trinajstić information content (AvgIpc) is 2.41. The van der Waals surface area contributed by atoms with Crippen molar-refractivity contribution in [2.45, 2.75) is 32.6 Å². The molecule has 0 atom stereocenters. The van der Waals surface area contributed by atoms with E-state index >= 15 is 0 Å². The summed E-state index contributed by atoms with van der Waals surface area (Å²) < 4.78 is 6.07. The van der Waals surface area contributed by atoms with Crippen LogP contribution in [0.3, 0.4) is 0 Å². The number of nitrogens with one attached hydrogen (secondary N) is 1. The van der Waals surface area contributed by atoms with E-state index in [4.69, 9.17) is 10.00 Å². The molecule has 1 amide bonds. The van der Waals surface area contributed by atoms with Crippen LogP contribution < -0.4 is 9.78 Å². The predicted octanol–water partition coefficient (Wildman–Crippen LogP) is 2.63. The number of nitriles is 1. The third-order valence-electron chi connectivity index (χ3n) is 2.50. The number of nitrogens with zero attached hydrogens (tertiary/aromatic N) is 1. The minimum atomic E-state index is -0.421. The number of carbonyl (C=O) groups is 1. The summed E-state index contributed by atoms with van der Waals surface area (Å²) in [4.78, 5) is 13.6. The molecular weight excluding hydrogens is 307 g/mol. The molecule has 5 heteroatoms. The third kappa shape index (κ3) is 6.85. The van der Waals surface area contributed by atoms with Crippen LogP contribution in [-0.4, -0.2) is 27.7 Å². The monoisotopic (exact) mass is 326 g/mol. The van der Waals surface area contributed by atoms with Crippen molar-refractivity contribution in [1.82, 2.24) is 0 Å². The fourth-order valence-corrected chi connectivity index (χ4v) is 2.30. The average molecular weight is 325 g/mol. The van der Waals surface area contributed by atoms with E-state index in [1.54, 1.807) is 12.1 Å². The Labute approximate surface area is 120 Å². The standard InChI is InChI=1S/C14H18N2O2Se/c1-2-3-4-5-10-18-14(17)16-12-6-8-13(9-7-12)19-11-15/h6-9H,2-5,10H2,1H3,(H,16,17). The maximum absolute atomic E-state index is 11.5. The molecule has 0 unspecified atom stereocenters. The van der Waals surface area contributed by atoms with Gasteiger partial charge in [-0.3, -0.25) is 0 Å². The van der Waals surface area contributed by atoms with Gasteiger partial charge in [-0.05, 0) is 0 Å². The number of carbonyl (C=O) groups excluding carboxylic acids is 1. The summed E-state index contributed by atoms with van der Waals surface area (Å²) in [6.45, 7) is 2.60. The van der Waals surface area contributed by atoms with E-state index in [1.165, 1.54) is 12.8 Å². The van der Waals surface area contributed by atoms with E-state index < -0.39 is 6.09 Å². The Morgan fingerprint density at radius 3 is 2.68 bits per heavy atom. The van der Waals surface area contributed by atoms with Crippen LogP contribution in [0, 0.1) is 10.2 Å². The molecule has 102 valence electrons. The number of benzene rings is 1. The van der Waals surface area contributed by atoms with Gasteiger partial charge < -0.3 is 0 Å². The van der Waals surface area contributed by atoms with Crippen LogP contribution in [0.15, 0.2) is 24.3 Å². The Morgan fingerprint density at radius 2 is 2.05 bits per heavy atom. The first-order valence-electron chi connectivity index (χ1n) is 6.36. The van der Waals surface area contributed by atoms with E-state index in [2.05, 4.69) is 17.2 Å². The van der Waals surface area contributed by atoms with Crippen LogP contribution >= 0.6 is 0 Å². The van der Waals surface area contributed by atoms with Gasteiger partial charge >= 0.3 is 113 Å². The van der Waals surface area contributed by atoms with Crippen molar-refractivity contribution in [2.75, 3.05) is 11.9 Å². The van der Waals surface area contributed by atoms with Gasteiger partial charge in [0.15, 0.2) is 0 Å². The summed E-state index contributed by atoms with van der Waals surface area (Å²) in [5.74, 6) is 0. The molecule has 0 heterocycles. The normalized spacial score (nSPS) is 9.68. The number of amides is 1. The van der Waals surface area contributed by atoms with E-state index in [9.17, 15) is 4.79 Å². The second kappa shape index (κ2) is 9.43. The van der Waals surface area contributed by atoms with E-state index in [-0.39, 0.29) is 15.0 Å². The number of hydrogen-bond acceptors (Lipinski definition) is 3. The molecule has 1 rings (SSSR count). The first kappa shape index (κ1) is 15.6. The molecule has 0 aromatic heterocycles. The number of rotatable bonds is 7. The quantitative estimate of drug-likeness (QED) is 0.619. The number of anilines is 1. The first-order chi connectivity index (χ1) is 9.26. The fraction of sp³-hybridized carbons (Fsp3) is 0.429. The van der Waals surface area contributed by atoms with Gasteiger partial charge in [-0.2, -0.15) is 0 Å². The first-order valence-corrected chi connectivity index (χ1v) is 8.07. The summed E-state index contributed by atoms with van der Waals surface area (Å²) in [6.07, 6.45) is 3.92. The van der Waals surface area contributed by atoms with Crippen molar-refractivity contribution >= 4 is 31.2 Å². The molecule has 1 aromatic rings. The fourth-order valence-electron chi connectivity index (χ4n) is 1.51. The van der Waals surface area contributed by atoms with Gasteiger partial charge in [0, 0.05) is 0 Å². The molecule has 0 saturated heterocycles. The molecule has 0 aliphatic carbocycles. The summed E-state index contributed by atoms with van der Waals surface area (Å²) >= 11 is -0.154. The second-order valence-electron chi connectivity index (χ2n) is 4.04. The Morgan fingerprint density at radius 1 is 1.32 bits per heavy atom. The molecule has 0 aliphatic rings. The van der Waals surface area contributed by atoms with Gasteiger partial charge in [0.1, 0.15) is 0 Å². The van der Waals surface area contributed by atoms with E-state index in [0.29, 0.717) is 12.3 Å². The topological polar surface area (TPSA) is 62.1 Å². The molecule has 1 aromatic carbocycles. The van der Waals surface area contributed by atoms with Gasteiger partial charge in [0.25, 0.3) is 0 Å². The molecule has 0 spiro atoms. The van der Waals surface area contributed by atoms with Crippen LogP contribution in [0.5, 0.6) is 0 Å². The van der Waals surface area contributed by atoms with Gasteiger partial charge in [-0.15, -0.1) is 0 Å². The summed E-state index contributed by atoms with van der Waals surface area (Å²) in [5.41, 5.74) is 0.691. The van der Waals surface area contributed by atoms with Crippen LogP contribution in [0.1, 0.15) is 32.6 Å². The van der Waals surface area contributed by atoms with Crippen molar-refractivity contribution in [2.24, 2.45) is 0 Å². The molecule has 1 N–H and O–H groups in total. The van der Waals surface area contributed by atoms with Crippen LogP contribution in [0.25, 0.3) is 0 Å². The summed E-state index contributed by atoms with van der Waals surface area (Å²) in [7, 11) is 0. The van der Waals surface area contributed by atoms with Gasteiger partial charge in [-0.25, -0.2) is 0 Å². The van der Waals surface area contributed by atoms with Gasteiger partial charge in [0.05, 0.1) is 0 Å². The Bertz CT molecular complexity index is 426. The SMILES string of the molecule is CCCCCCOC(=O)Nc1ccc([Se]C#N)cc1. The molecule has 0 aliphatic heterocycles. The number of unbranched alkanes of at least 4 members (excludes halogenated alkanes) is 3. The van der Waals surface area contributed by atoms with Gasteiger partial charge in [-0.1, -0.05) is 6.92 Å². The molecule has 0 fully saturated rings. The third-order valence-corrected chi connectivity index (χ3v) is 3.75. The van der Waals surface area contributed by atoms with Crippen LogP contribution in [0.2, 0.25) is 0 Å². The van der Waals surface area contributed by atoms with Crippen molar-refractivity contribution in [3.05, 3.63) is 24.3 Å². The van der Waals surface area contributed by atoms with Gasteiger partial charge in [0.2, 0.25) is 0 Å². The van der Waals surface area contributed by atoms with Crippen molar-refractivity contribution in [3.63, 3.8) is 0 Å². The summed E-state index contributed by atoms with van der Waals surface area (Å²) in [5, 5.41) is 11.2. The zero-order valence-electron chi connectivity index (χ0n) is 11.0. The molecular formula is C14H18N2O2Se. The van der Waals surface area contributed by atoms with Crippen molar-refractivity contribution < 1.29 is 9.53 Å². The van der Waals surface area contributed by atoms with E-state index in [1.807, 2.05) is 12.1 Å². The number of ether oxygens (including phenoxy) is 1. The Hall–Kier alpha value is -1.50. The molecule has 4 nitrogen and oxygen atoms in total. The Kier molecular flexibility index (Phi) is 7.72. The number of hydrogen-bond donors (Lipinski definition) is 1. The second-order valence-corrected chi connectivity index (χ2v) is 5.84. The van der Waals surface area contributed by atoms with Crippen LogP contribution in [-0.2, 0) is 4.74 Å². The minimum absolute atomic E-state index is 0.154. The summed E-state index contributed by atoms with van der Waals surface area (Å²) in [6, 6.07) is 7.26. The molecule has 0 radical (unpaired) electrons. The molecule has 0 saturated carbocycles. The van der Waals surface area contributed by atoms with Crippen LogP contribution in [0.4, 0.5) is 10.5 Å². The van der Waals surface area contributed by atoms with Crippen molar-refractivity contribution in [3.8, 4) is 4.97 Å². The molecule has 19 heavy (non-hydrogen) atoms. The van der Waals surface area contributed by atoms with Crippen molar-refractivity contribution in [1.29, 1.82) is 5.26 Å². The zero-order valence-corrected chi connectivity index (χ0v) is 12.7.